The maximum Gasteiger partial charge on any atom is 0.156 e. The second-order valence-electron chi connectivity index (χ2n) is 6.35. The summed E-state index contributed by atoms with van der Waals surface area (Å²) in [6, 6.07) is 0. The Balaban J connectivity index is 2.36. The van der Waals surface area contributed by atoms with E-state index in [9.17, 15) is 0 Å². The van der Waals surface area contributed by atoms with Crippen molar-refractivity contribution in [1.82, 2.24) is 5.32 Å². The van der Waals surface area contributed by atoms with Crippen LogP contribution in [0.2, 0.25) is 0 Å². The van der Waals surface area contributed by atoms with E-state index in [1.54, 1.807) is 0 Å². The van der Waals surface area contributed by atoms with Gasteiger partial charge in [0.1, 0.15) is 0 Å². The van der Waals surface area contributed by atoms with Gasteiger partial charge in [-0.3, -0.25) is 4.99 Å². The maximum absolute atomic E-state index is 4.71. The molecule has 0 saturated carbocycles. The molecule has 3 heteroatoms. The third-order valence-corrected chi connectivity index (χ3v) is 5.03. The molecule has 0 aliphatic carbocycles. The largest absolute Gasteiger partial charge is 0.365 e. The molecule has 1 aliphatic rings. The first-order chi connectivity index (χ1) is 7.91. The molecule has 0 atom stereocenters. The van der Waals surface area contributed by atoms with E-state index in [0.29, 0.717) is 10.8 Å². The molecule has 0 unspecified atom stereocenters. The zero-order valence-electron chi connectivity index (χ0n) is 12.1. The number of thioether (sulfide) groups is 1. The zero-order valence-corrected chi connectivity index (χ0v) is 12.9. The number of hydrogen-bond donors (Lipinski definition) is 1. The molecular formula is C14H28N2S. The van der Waals surface area contributed by atoms with Crippen LogP contribution in [-0.2, 0) is 0 Å². The molecule has 0 amide bonds. The fourth-order valence-electron chi connectivity index (χ4n) is 1.88. The number of nitrogens with zero attached hydrogens (tertiary/aromatic N) is 1. The lowest BCUT2D eigenvalue weighted by Crippen LogP contribution is -2.35. The quantitative estimate of drug-likeness (QED) is 0.824. The average molecular weight is 256 g/mol. The zero-order chi connectivity index (χ0) is 12.9. The highest BCUT2D eigenvalue weighted by atomic mass is 32.2. The molecular weight excluding hydrogens is 228 g/mol. The van der Waals surface area contributed by atoms with Crippen LogP contribution in [0.25, 0.3) is 0 Å². The number of hydrogen-bond acceptors (Lipinski definition) is 3. The Morgan fingerprint density at radius 1 is 1.29 bits per heavy atom. The monoisotopic (exact) mass is 256 g/mol. The molecule has 0 saturated heterocycles. The molecule has 1 heterocycles. The van der Waals surface area contributed by atoms with Crippen LogP contribution in [0.5, 0.6) is 0 Å². The molecule has 0 fully saturated rings. The van der Waals surface area contributed by atoms with Gasteiger partial charge in [0.25, 0.3) is 0 Å². The minimum absolute atomic E-state index is 0.406. The van der Waals surface area contributed by atoms with Crippen molar-refractivity contribution in [2.24, 2.45) is 15.8 Å². The van der Waals surface area contributed by atoms with Crippen molar-refractivity contribution in [2.75, 3.05) is 18.8 Å². The van der Waals surface area contributed by atoms with Crippen molar-refractivity contribution in [3.63, 3.8) is 0 Å². The van der Waals surface area contributed by atoms with E-state index in [1.807, 2.05) is 11.8 Å². The van der Waals surface area contributed by atoms with Gasteiger partial charge >= 0.3 is 0 Å². The van der Waals surface area contributed by atoms with Crippen molar-refractivity contribution < 1.29 is 0 Å². The van der Waals surface area contributed by atoms with Crippen molar-refractivity contribution in [1.29, 1.82) is 0 Å². The maximum atomic E-state index is 4.71. The van der Waals surface area contributed by atoms with Crippen molar-refractivity contribution >= 4 is 16.9 Å². The summed E-state index contributed by atoms with van der Waals surface area (Å²) in [7, 11) is 0. The van der Waals surface area contributed by atoms with Gasteiger partial charge in [0.05, 0.1) is 0 Å². The molecule has 17 heavy (non-hydrogen) atoms. The van der Waals surface area contributed by atoms with Crippen molar-refractivity contribution in [2.45, 2.75) is 53.9 Å². The summed E-state index contributed by atoms with van der Waals surface area (Å²) in [5.41, 5.74) is 0.864. The third kappa shape index (κ3) is 4.90. The Morgan fingerprint density at radius 2 is 1.94 bits per heavy atom. The predicted octanol–water partition coefficient (Wildman–Crippen LogP) is 3.92. The van der Waals surface area contributed by atoms with Crippen LogP contribution in [0.4, 0.5) is 0 Å². The van der Waals surface area contributed by atoms with E-state index in [2.05, 4.69) is 39.9 Å². The lowest BCUT2D eigenvalue weighted by atomic mass is 9.84. The van der Waals surface area contributed by atoms with E-state index in [4.69, 9.17) is 4.99 Å². The first-order valence-corrected chi connectivity index (χ1v) is 7.80. The summed E-state index contributed by atoms with van der Waals surface area (Å²) in [6.45, 7) is 13.5. The molecule has 0 bridgehead atoms. The summed E-state index contributed by atoms with van der Waals surface area (Å²) >= 11 is 1.91. The molecule has 0 aromatic heterocycles. The highest BCUT2D eigenvalue weighted by Crippen LogP contribution is 2.34. The highest BCUT2D eigenvalue weighted by molar-refractivity contribution is 8.13. The molecule has 0 aromatic rings. The predicted molar refractivity (Wildman–Crippen MR) is 79.8 cm³/mol. The summed E-state index contributed by atoms with van der Waals surface area (Å²) < 4.78 is 0. The van der Waals surface area contributed by atoms with Crippen molar-refractivity contribution in [3.8, 4) is 0 Å². The SMILES string of the molecule is CCC1(CC)CN=C(NCCC(C)(C)C)SC1. The lowest BCUT2D eigenvalue weighted by molar-refractivity contribution is 0.317. The first-order valence-electron chi connectivity index (χ1n) is 6.82. The fourth-order valence-corrected chi connectivity index (χ4v) is 3.18. The lowest BCUT2D eigenvalue weighted by Gasteiger charge is -2.33. The van der Waals surface area contributed by atoms with Crippen LogP contribution in [0, 0.1) is 10.8 Å². The van der Waals surface area contributed by atoms with E-state index >= 15 is 0 Å². The van der Waals surface area contributed by atoms with E-state index in [0.717, 1.165) is 18.3 Å². The van der Waals surface area contributed by atoms with Crippen LogP contribution >= 0.6 is 11.8 Å². The smallest absolute Gasteiger partial charge is 0.156 e. The van der Waals surface area contributed by atoms with Gasteiger partial charge in [-0.05, 0) is 30.1 Å². The molecule has 1 aliphatic heterocycles. The van der Waals surface area contributed by atoms with Crippen molar-refractivity contribution in [3.05, 3.63) is 0 Å². The first kappa shape index (κ1) is 14.9. The van der Waals surface area contributed by atoms with E-state index in [-0.39, 0.29) is 0 Å². The minimum atomic E-state index is 0.406. The van der Waals surface area contributed by atoms with Crippen LogP contribution in [-0.4, -0.2) is 24.0 Å². The van der Waals surface area contributed by atoms with Gasteiger partial charge in [-0.15, -0.1) is 0 Å². The summed E-state index contributed by atoms with van der Waals surface area (Å²) in [5, 5.41) is 4.64. The Kier molecular flexibility index (Phi) is 5.36. The summed E-state index contributed by atoms with van der Waals surface area (Å²) in [5.74, 6) is 1.22. The Hall–Kier alpha value is -0.180. The second kappa shape index (κ2) is 6.12. The minimum Gasteiger partial charge on any atom is -0.365 e. The average Bonchev–Trinajstić information content (AvgIpc) is 2.29. The molecule has 100 valence electrons. The molecule has 0 radical (unpaired) electrons. The molecule has 2 nitrogen and oxygen atoms in total. The van der Waals surface area contributed by atoms with Crippen LogP contribution in [0.15, 0.2) is 4.99 Å². The van der Waals surface area contributed by atoms with Gasteiger partial charge in [-0.1, -0.05) is 46.4 Å². The van der Waals surface area contributed by atoms with Crippen LogP contribution in [0.3, 0.4) is 0 Å². The Labute approximate surface area is 111 Å². The van der Waals surface area contributed by atoms with Gasteiger partial charge in [0, 0.05) is 18.8 Å². The van der Waals surface area contributed by atoms with Gasteiger partial charge in [0.2, 0.25) is 0 Å². The summed E-state index contributed by atoms with van der Waals surface area (Å²) in [4.78, 5) is 4.71. The van der Waals surface area contributed by atoms with Gasteiger partial charge in [0.15, 0.2) is 5.17 Å². The number of amidine groups is 1. The number of rotatable bonds is 4. The van der Waals surface area contributed by atoms with E-state index < -0.39 is 0 Å². The number of aliphatic imine (C=N–C) groups is 1. The Morgan fingerprint density at radius 3 is 2.35 bits per heavy atom. The van der Waals surface area contributed by atoms with Gasteiger partial charge in [-0.25, -0.2) is 0 Å². The molecule has 0 aromatic carbocycles. The standard InChI is InChI=1S/C14H28N2S/c1-6-14(7-2)10-16-12(17-11-14)15-9-8-13(3,4)5/h6-11H2,1-5H3,(H,15,16). The van der Waals surface area contributed by atoms with Gasteiger partial charge < -0.3 is 5.32 Å². The molecule has 1 rings (SSSR count). The molecule has 0 spiro atoms. The van der Waals surface area contributed by atoms with Gasteiger partial charge in [-0.2, -0.15) is 0 Å². The van der Waals surface area contributed by atoms with E-state index in [1.165, 1.54) is 25.0 Å². The highest BCUT2D eigenvalue weighted by Gasteiger charge is 2.29. The molecule has 1 N–H and O–H groups in total. The van der Waals surface area contributed by atoms with Crippen LogP contribution in [0.1, 0.15) is 53.9 Å². The third-order valence-electron chi connectivity index (χ3n) is 3.72. The normalized spacial score (nSPS) is 19.9. The topological polar surface area (TPSA) is 24.4 Å². The summed E-state index contributed by atoms with van der Waals surface area (Å²) in [6.07, 6.45) is 3.68. The second-order valence-corrected chi connectivity index (χ2v) is 7.32. The fraction of sp³-hybridized carbons (Fsp3) is 0.929. The Bertz CT molecular complexity index is 262. The van der Waals surface area contributed by atoms with Crippen LogP contribution < -0.4 is 5.32 Å². The number of nitrogens with one attached hydrogen (secondary N) is 1.